The Hall–Kier alpha value is -4.46. The lowest BCUT2D eigenvalue weighted by Crippen LogP contribution is -2.31. The van der Waals surface area contributed by atoms with Gasteiger partial charge in [0.2, 0.25) is 11.9 Å². The summed E-state index contributed by atoms with van der Waals surface area (Å²) in [6.45, 7) is 1.49. The highest BCUT2D eigenvalue weighted by Gasteiger charge is 2.34. The Morgan fingerprint density at radius 1 is 0.972 bits per heavy atom. The molecule has 0 amide bonds. The molecule has 1 aliphatic rings. The smallest absolute Gasteiger partial charge is 0.417 e. The maximum absolute atomic E-state index is 13.4. The molecule has 182 valence electrons. The largest absolute Gasteiger partial charge is 0.423 e. The molecule has 1 saturated heterocycles. The second-order valence-electron chi connectivity index (χ2n) is 8.21. The van der Waals surface area contributed by atoms with Gasteiger partial charge < -0.3 is 15.0 Å². The standard InChI is InChI=1S/C25H20F3N7O/c26-25(27,28)19-14-17(9-8-16(19)15-29)31-22-32-23(35-12-4-1-5-13-35)34-24(33-22)36-21-10-11-30-20-7-3-2-6-18(20)21/h2-3,6-11,14H,1,4-5,12-13H2,(H,31,32,33,34). The molecule has 0 saturated carbocycles. The van der Waals surface area contributed by atoms with E-state index >= 15 is 0 Å². The molecule has 0 unspecified atom stereocenters. The number of ether oxygens (including phenoxy) is 1. The van der Waals surface area contributed by atoms with Gasteiger partial charge in [-0.2, -0.15) is 33.4 Å². The normalized spacial score (nSPS) is 13.9. The lowest BCUT2D eigenvalue weighted by molar-refractivity contribution is -0.137. The number of aromatic nitrogens is 4. The molecule has 4 aromatic rings. The molecule has 1 N–H and O–H groups in total. The molecule has 5 rings (SSSR count). The molecule has 2 aromatic carbocycles. The number of nitrogens with one attached hydrogen (secondary N) is 1. The van der Waals surface area contributed by atoms with Gasteiger partial charge in [0, 0.05) is 30.4 Å². The molecule has 1 aliphatic heterocycles. The topological polar surface area (TPSA) is 99.8 Å². The fraction of sp³-hybridized carbons (Fsp3) is 0.240. The van der Waals surface area contributed by atoms with Gasteiger partial charge in [-0.05, 0) is 55.7 Å². The highest BCUT2D eigenvalue weighted by Crippen LogP contribution is 2.34. The predicted octanol–water partition coefficient (Wildman–Crippen LogP) is 5.84. The van der Waals surface area contributed by atoms with Crippen molar-refractivity contribution >= 4 is 28.5 Å². The second-order valence-corrected chi connectivity index (χ2v) is 8.21. The van der Waals surface area contributed by atoms with Gasteiger partial charge in [0.25, 0.3) is 0 Å². The van der Waals surface area contributed by atoms with Crippen LogP contribution in [0, 0.1) is 11.3 Å². The van der Waals surface area contributed by atoms with Crippen molar-refractivity contribution in [1.29, 1.82) is 5.26 Å². The van der Waals surface area contributed by atoms with Crippen LogP contribution in [0.5, 0.6) is 11.8 Å². The highest BCUT2D eigenvalue weighted by molar-refractivity contribution is 5.84. The van der Waals surface area contributed by atoms with Gasteiger partial charge >= 0.3 is 12.2 Å². The molecule has 0 aliphatic carbocycles. The Morgan fingerprint density at radius 3 is 2.56 bits per heavy atom. The van der Waals surface area contributed by atoms with Crippen molar-refractivity contribution in [3.8, 4) is 17.8 Å². The van der Waals surface area contributed by atoms with E-state index in [9.17, 15) is 13.2 Å². The first-order valence-corrected chi connectivity index (χ1v) is 11.3. The van der Waals surface area contributed by atoms with E-state index in [4.69, 9.17) is 10.00 Å². The van der Waals surface area contributed by atoms with Crippen molar-refractivity contribution in [2.45, 2.75) is 25.4 Å². The number of rotatable bonds is 5. The zero-order valence-corrected chi connectivity index (χ0v) is 19.0. The number of halogens is 3. The second kappa shape index (κ2) is 9.65. The summed E-state index contributed by atoms with van der Waals surface area (Å²) in [5, 5.41) is 12.6. The molecule has 2 aromatic heterocycles. The summed E-state index contributed by atoms with van der Waals surface area (Å²) in [7, 11) is 0. The molecule has 36 heavy (non-hydrogen) atoms. The number of pyridine rings is 1. The lowest BCUT2D eigenvalue weighted by atomic mass is 10.1. The fourth-order valence-electron chi connectivity index (χ4n) is 4.02. The van der Waals surface area contributed by atoms with Gasteiger partial charge in [-0.3, -0.25) is 4.98 Å². The molecule has 0 bridgehead atoms. The summed E-state index contributed by atoms with van der Waals surface area (Å²) in [4.78, 5) is 19.6. The maximum atomic E-state index is 13.4. The van der Waals surface area contributed by atoms with Gasteiger partial charge in [-0.15, -0.1) is 0 Å². The first kappa shape index (κ1) is 23.3. The van der Waals surface area contributed by atoms with Crippen LogP contribution in [0.3, 0.4) is 0 Å². The van der Waals surface area contributed by atoms with Crippen LogP contribution < -0.4 is 15.0 Å². The third-order valence-electron chi connectivity index (χ3n) is 5.75. The van der Waals surface area contributed by atoms with E-state index in [0.29, 0.717) is 11.7 Å². The van der Waals surface area contributed by atoms with Crippen LogP contribution in [0.1, 0.15) is 30.4 Å². The van der Waals surface area contributed by atoms with Crippen LogP contribution in [0.15, 0.2) is 54.7 Å². The predicted molar refractivity (Wildman–Crippen MR) is 127 cm³/mol. The number of piperidine rings is 1. The van der Waals surface area contributed by atoms with E-state index < -0.39 is 17.3 Å². The van der Waals surface area contributed by atoms with Crippen molar-refractivity contribution < 1.29 is 17.9 Å². The zero-order valence-electron chi connectivity index (χ0n) is 19.0. The number of hydrogen-bond acceptors (Lipinski definition) is 8. The summed E-state index contributed by atoms with van der Waals surface area (Å²) >= 11 is 0. The highest BCUT2D eigenvalue weighted by atomic mass is 19.4. The lowest BCUT2D eigenvalue weighted by Gasteiger charge is -2.26. The third-order valence-corrected chi connectivity index (χ3v) is 5.75. The van der Waals surface area contributed by atoms with Gasteiger partial charge in [-0.25, -0.2) is 0 Å². The Kier molecular flexibility index (Phi) is 6.25. The first-order valence-electron chi connectivity index (χ1n) is 11.3. The SMILES string of the molecule is N#Cc1ccc(Nc2nc(Oc3ccnc4ccccc34)nc(N3CCCCC3)n2)cc1C(F)(F)F. The molecule has 0 spiro atoms. The van der Waals surface area contributed by atoms with Gasteiger partial charge in [0.1, 0.15) is 5.75 Å². The van der Waals surface area contributed by atoms with E-state index in [1.165, 1.54) is 6.07 Å². The summed E-state index contributed by atoms with van der Waals surface area (Å²) in [5.74, 6) is 0.877. The molecule has 1 fully saturated rings. The van der Waals surface area contributed by atoms with Crippen molar-refractivity contribution in [1.82, 2.24) is 19.9 Å². The number of fused-ring (bicyclic) bond motifs is 1. The van der Waals surface area contributed by atoms with Crippen LogP contribution in [0.25, 0.3) is 10.9 Å². The van der Waals surface area contributed by atoms with E-state index in [1.54, 1.807) is 18.3 Å². The van der Waals surface area contributed by atoms with Crippen molar-refractivity contribution in [3.63, 3.8) is 0 Å². The first-order chi connectivity index (χ1) is 17.4. The maximum Gasteiger partial charge on any atom is 0.417 e. The van der Waals surface area contributed by atoms with E-state index in [2.05, 4.69) is 25.3 Å². The number of nitriles is 1. The molecule has 0 atom stereocenters. The number of nitrogens with zero attached hydrogens (tertiary/aromatic N) is 6. The van der Waals surface area contributed by atoms with Crippen LogP contribution in [0.4, 0.5) is 30.8 Å². The number of alkyl halides is 3. The Balaban J connectivity index is 1.52. The van der Waals surface area contributed by atoms with Gasteiger partial charge in [0.05, 0.1) is 22.7 Å². The minimum Gasteiger partial charge on any atom is -0.423 e. The molecule has 11 heteroatoms. The molecule has 8 nitrogen and oxygen atoms in total. The van der Waals surface area contributed by atoms with Crippen LogP contribution in [-0.4, -0.2) is 33.0 Å². The quantitative estimate of drug-likeness (QED) is 0.372. The minimum absolute atomic E-state index is 0.00545. The summed E-state index contributed by atoms with van der Waals surface area (Å²) < 4.78 is 46.4. The molecule has 3 heterocycles. The fourth-order valence-corrected chi connectivity index (χ4v) is 4.02. The van der Waals surface area contributed by atoms with Crippen molar-refractivity contribution in [2.24, 2.45) is 0 Å². The number of para-hydroxylation sites is 1. The number of anilines is 3. The van der Waals surface area contributed by atoms with Crippen LogP contribution >= 0.6 is 0 Å². The van der Waals surface area contributed by atoms with Crippen molar-refractivity contribution in [3.05, 3.63) is 65.9 Å². The zero-order chi connectivity index (χ0) is 25.1. The van der Waals surface area contributed by atoms with Crippen molar-refractivity contribution in [2.75, 3.05) is 23.3 Å². The average Bonchev–Trinajstić information content (AvgIpc) is 2.89. The van der Waals surface area contributed by atoms with E-state index in [0.717, 1.165) is 55.4 Å². The van der Waals surface area contributed by atoms with E-state index in [1.807, 2.05) is 29.2 Å². The number of benzene rings is 2. The van der Waals surface area contributed by atoms with E-state index in [-0.39, 0.29) is 17.6 Å². The Morgan fingerprint density at radius 2 is 1.78 bits per heavy atom. The van der Waals surface area contributed by atoms with Gasteiger partial charge in [-0.1, -0.05) is 12.1 Å². The molecular formula is C25H20F3N7O. The molecule has 0 radical (unpaired) electrons. The summed E-state index contributed by atoms with van der Waals surface area (Å²) in [6, 6.07) is 14.0. The monoisotopic (exact) mass is 491 g/mol. The molecular weight excluding hydrogens is 471 g/mol. The Bertz CT molecular complexity index is 1440. The number of hydrogen-bond donors (Lipinski definition) is 1. The van der Waals surface area contributed by atoms with Crippen LogP contribution in [0.2, 0.25) is 0 Å². The Labute approximate surface area is 204 Å². The van der Waals surface area contributed by atoms with Gasteiger partial charge in [0.15, 0.2) is 0 Å². The minimum atomic E-state index is -4.68. The summed E-state index contributed by atoms with van der Waals surface area (Å²) in [5.41, 5.74) is -0.695. The third kappa shape index (κ3) is 4.98. The summed E-state index contributed by atoms with van der Waals surface area (Å²) in [6.07, 6.45) is -0.0185. The average molecular weight is 491 g/mol. The van der Waals surface area contributed by atoms with Crippen LogP contribution in [-0.2, 0) is 6.18 Å².